The third kappa shape index (κ3) is 2.84. The molecule has 0 radical (unpaired) electrons. The summed E-state index contributed by atoms with van der Waals surface area (Å²) in [5, 5.41) is 10.6. The summed E-state index contributed by atoms with van der Waals surface area (Å²) in [5.74, 6) is 1.93. The Kier molecular flexibility index (Phi) is 4.61. The Labute approximate surface area is 266 Å². The van der Waals surface area contributed by atoms with Gasteiger partial charge in [-0.1, -0.05) is 109 Å². The van der Waals surface area contributed by atoms with Gasteiger partial charge in [0, 0.05) is 38.6 Å². The highest BCUT2D eigenvalue weighted by molar-refractivity contribution is 7.22. The number of hydrogen-bond donors (Lipinski definition) is 0. The predicted octanol–water partition coefficient (Wildman–Crippen LogP) is 8.10. The van der Waals surface area contributed by atoms with E-state index in [2.05, 4.69) is 167 Å². The van der Waals surface area contributed by atoms with E-state index in [4.69, 9.17) is 4.74 Å². The van der Waals surface area contributed by atoms with Crippen LogP contribution in [0, 0.1) is 0 Å². The van der Waals surface area contributed by atoms with Crippen molar-refractivity contribution < 1.29 is 4.74 Å². The van der Waals surface area contributed by atoms with Gasteiger partial charge in [0.05, 0.1) is 16.6 Å². The molecule has 2 aromatic heterocycles. The van der Waals surface area contributed by atoms with Crippen LogP contribution in [0.3, 0.4) is 0 Å². The number of aromatic nitrogens is 1. The van der Waals surface area contributed by atoms with Crippen LogP contribution in [0.5, 0.6) is 11.5 Å². The SMILES string of the molecule is c1ccc2c(c1)Oc1ccccc1[Si]21c2ccccc2N(c2ccc3c(c2)c2cccc4c5ccccc5n3c42)c2ccccc21. The van der Waals surface area contributed by atoms with Crippen LogP contribution < -0.4 is 30.4 Å². The number of rotatable bonds is 1. The Hall–Kier alpha value is -5.84. The molecule has 0 saturated carbocycles. The average molecular weight is 603 g/mol. The van der Waals surface area contributed by atoms with Crippen LogP contribution >= 0.6 is 0 Å². The summed E-state index contributed by atoms with van der Waals surface area (Å²) in [5.41, 5.74) is 7.45. The van der Waals surface area contributed by atoms with Gasteiger partial charge in [-0.05, 0) is 69.3 Å². The maximum Gasteiger partial charge on any atom is 0.192 e. The molecule has 4 heterocycles. The van der Waals surface area contributed by atoms with E-state index in [0.717, 1.165) is 11.5 Å². The fourth-order valence-electron chi connectivity index (χ4n) is 8.66. The molecule has 2 aliphatic rings. The monoisotopic (exact) mass is 602 g/mol. The molecule has 0 bridgehead atoms. The van der Waals surface area contributed by atoms with Crippen LogP contribution in [0.15, 0.2) is 158 Å². The minimum Gasteiger partial charge on any atom is -0.458 e. The van der Waals surface area contributed by atoms with Gasteiger partial charge in [-0.25, -0.2) is 0 Å². The molecule has 0 amide bonds. The van der Waals surface area contributed by atoms with E-state index in [1.807, 2.05) is 0 Å². The first-order chi connectivity index (χ1) is 22.8. The van der Waals surface area contributed by atoms with Gasteiger partial charge in [0.1, 0.15) is 11.5 Å². The fraction of sp³-hybridized carbons (Fsp3) is 0. The molecule has 7 aromatic carbocycles. The lowest BCUT2D eigenvalue weighted by Gasteiger charge is -2.47. The summed E-state index contributed by atoms with van der Waals surface area (Å²) in [4.78, 5) is 2.50. The first kappa shape index (κ1) is 24.5. The first-order valence-electron chi connectivity index (χ1n) is 15.9. The molecule has 0 unspecified atom stereocenters. The average Bonchev–Trinajstić information content (AvgIpc) is 3.64. The van der Waals surface area contributed by atoms with Crippen molar-refractivity contribution in [3.05, 3.63) is 158 Å². The number of benzene rings is 7. The van der Waals surface area contributed by atoms with Crippen LogP contribution in [0.2, 0.25) is 0 Å². The molecule has 0 atom stereocenters. The van der Waals surface area contributed by atoms with E-state index in [0.29, 0.717) is 0 Å². The Balaban J connectivity index is 1.23. The van der Waals surface area contributed by atoms with Crippen molar-refractivity contribution in [2.75, 3.05) is 4.90 Å². The van der Waals surface area contributed by atoms with E-state index >= 15 is 0 Å². The van der Waals surface area contributed by atoms with Gasteiger partial charge in [-0.15, -0.1) is 0 Å². The first-order valence-corrected chi connectivity index (χ1v) is 17.9. The van der Waals surface area contributed by atoms with Crippen molar-refractivity contribution in [3.63, 3.8) is 0 Å². The molecular formula is C42H26N2OSi. The molecule has 0 saturated heterocycles. The molecule has 0 N–H and O–H groups in total. The van der Waals surface area contributed by atoms with Crippen LogP contribution in [0.4, 0.5) is 17.1 Å². The van der Waals surface area contributed by atoms with Crippen molar-refractivity contribution in [1.82, 2.24) is 4.40 Å². The molecule has 3 nitrogen and oxygen atoms in total. The summed E-state index contributed by atoms with van der Waals surface area (Å²) < 4.78 is 9.05. The van der Waals surface area contributed by atoms with E-state index in [1.165, 1.54) is 75.9 Å². The third-order valence-corrected chi connectivity index (χ3v) is 15.3. The van der Waals surface area contributed by atoms with Crippen LogP contribution in [0.1, 0.15) is 0 Å². The van der Waals surface area contributed by atoms with Gasteiger partial charge >= 0.3 is 0 Å². The van der Waals surface area contributed by atoms with Gasteiger partial charge < -0.3 is 14.0 Å². The number of anilines is 3. The van der Waals surface area contributed by atoms with Crippen molar-refractivity contribution in [1.29, 1.82) is 0 Å². The Morgan fingerprint density at radius 2 is 0.935 bits per heavy atom. The van der Waals surface area contributed by atoms with E-state index in [-0.39, 0.29) is 0 Å². The predicted molar refractivity (Wildman–Crippen MR) is 193 cm³/mol. The molecule has 9 aromatic rings. The Bertz CT molecular complexity index is 2610. The van der Waals surface area contributed by atoms with Crippen molar-refractivity contribution >= 4 is 84.0 Å². The Morgan fingerprint density at radius 3 is 1.63 bits per heavy atom. The minimum absolute atomic E-state index is 0.964. The molecule has 214 valence electrons. The normalized spacial score (nSPS) is 14.4. The molecular weight excluding hydrogens is 577 g/mol. The number of para-hydroxylation sites is 6. The quantitative estimate of drug-likeness (QED) is 0.177. The molecule has 11 rings (SSSR count). The highest BCUT2D eigenvalue weighted by atomic mass is 28.3. The number of hydrogen-bond acceptors (Lipinski definition) is 2. The number of fused-ring (bicyclic) bond motifs is 14. The molecule has 4 heteroatoms. The zero-order chi connectivity index (χ0) is 30.0. The van der Waals surface area contributed by atoms with E-state index in [1.54, 1.807) is 0 Å². The molecule has 0 fully saturated rings. The van der Waals surface area contributed by atoms with Gasteiger partial charge in [0.2, 0.25) is 0 Å². The lowest BCUT2D eigenvalue weighted by Crippen LogP contribution is -2.78. The third-order valence-electron chi connectivity index (χ3n) is 10.4. The number of ether oxygens (including phenoxy) is 1. The topological polar surface area (TPSA) is 16.9 Å². The van der Waals surface area contributed by atoms with E-state index in [9.17, 15) is 0 Å². The maximum atomic E-state index is 6.60. The second-order valence-electron chi connectivity index (χ2n) is 12.5. The van der Waals surface area contributed by atoms with Gasteiger partial charge in [0.15, 0.2) is 8.07 Å². The van der Waals surface area contributed by atoms with Gasteiger partial charge in [0.25, 0.3) is 0 Å². The van der Waals surface area contributed by atoms with Gasteiger partial charge in [-0.2, -0.15) is 0 Å². The van der Waals surface area contributed by atoms with Crippen molar-refractivity contribution in [3.8, 4) is 11.5 Å². The summed E-state index contributed by atoms with van der Waals surface area (Å²) in [6.45, 7) is 0. The molecule has 46 heavy (non-hydrogen) atoms. The summed E-state index contributed by atoms with van der Waals surface area (Å²) in [6.07, 6.45) is 0. The smallest absolute Gasteiger partial charge is 0.192 e. The highest BCUT2D eigenvalue weighted by Crippen LogP contribution is 2.44. The second-order valence-corrected chi connectivity index (χ2v) is 16.1. The van der Waals surface area contributed by atoms with Crippen molar-refractivity contribution in [2.45, 2.75) is 0 Å². The molecule has 0 aliphatic carbocycles. The van der Waals surface area contributed by atoms with Crippen LogP contribution in [-0.2, 0) is 0 Å². The number of nitrogens with zero attached hydrogens (tertiary/aromatic N) is 2. The maximum absolute atomic E-state index is 6.60. The summed E-state index contributed by atoms with van der Waals surface area (Å²) in [7, 11) is -2.73. The van der Waals surface area contributed by atoms with Crippen molar-refractivity contribution in [2.24, 2.45) is 0 Å². The molecule has 1 spiro atoms. The minimum atomic E-state index is -2.73. The molecule has 2 aliphatic heterocycles. The zero-order valence-corrected chi connectivity index (χ0v) is 25.8. The standard InChI is InChI=1S/C42H26N2OSi/c1-2-15-32-28(12-1)29-13-11-14-30-31-26-27(24-25-33(31)44(32)42(29)30)43-34-16-3-7-20-38(34)46(39-21-8-4-17-35(39)43)40-22-9-5-18-36(40)45-37-19-6-10-23-41(37)46/h1-26H. The van der Waals surface area contributed by atoms with Crippen LogP contribution in [0.25, 0.3) is 38.1 Å². The van der Waals surface area contributed by atoms with E-state index < -0.39 is 8.07 Å². The fourth-order valence-corrected chi connectivity index (χ4v) is 14.0. The van der Waals surface area contributed by atoms with Crippen LogP contribution in [-0.4, -0.2) is 12.5 Å². The lowest BCUT2D eigenvalue weighted by molar-refractivity contribution is 0.487. The van der Waals surface area contributed by atoms with Gasteiger partial charge in [-0.3, -0.25) is 0 Å². The zero-order valence-electron chi connectivity index (χ0n) is 24.8. The highest BCUT2D eigenvalue weighted by Gasteiger charge is 2.53. The largest absolute Gasteiger partial charge is 0.458 e. The summed E-state index contributed by atoms with van der Waals surface area (Å²) >= 11 is 0. The lowest BCUT2D eigenvalue weighted by atomic mass is 10.1. The Morgan fingerprint density at radius 1 is 0.413 bits per heavy atom. The summed E-state index contributed by atoms with van der Waals surface area (Å²) in [6, 6.07) is 58.1. The second kappa shape index (κ2) is 8.66.